The van der Waals surface area contributed by atoms with Crippen LogP contribution in [0.4, 0.5) is 0 Å². The minimum absolute atomic E-state index is 0.0442. The second-order valence-corrected chi connectivity index (χ2v) is 10.1. The number of hydrogen-bond acceptors (Lipinski definition) is 5. The first kappa shape index (κ1) is 23.1. The molecule has 0 saturated carbocycles. The Kier molecular flexibility index (Phi) is 6.50. The number of carbonyl (C=O) groups excluding carboxylic acids is 3. The smallest absolute Gasteiger partial charge is 0.227 e. The zero-order valence-electron chi connectivity index (χ0n) is 19.2. The van der Waals surface area contributed by atoms with Gasteiger partial charge in [0.25, 0.3) is 0 Å². The number of fused-ring (bicyclic) bond motifs is 1. The van der Waals surface area contributed by atoms with Crippen LogP contribution < -0.4 is 4.74 Å². The van der Waals surface area contributed by atoms with Gasteiger partial charge in [-0.15, -0.1) is 0 Å². The van der Waals surface area contributed by atoms with Gasteiger partial charge in [0.1, 0.15) is 11.4 Å². The number of rotatable bonds is 5. The van der Waals surface area contributed by atoms with Crippen molar-refractivity contribution in [3.05, 3.63) is 28.3 Å². The van der Waals surface area contributed by atoms with Crippen molar-refractivity contribution in [1.82, 2.24) is 14.7 Å². The summed E-state index contributed by atoms with van der Waals surface area (Å²) in [4.78, 5) is 44.0. The van der Waals surface area contributed by atoms with Crippen molar-refractivity contribution >= 4 is 29.2 Å². The number of ketones is 1. The molecule has 0 radical (unpaired) electrons. The van der Waals surface area contributed by atoms with Crippen LogP contribution >= 0.6 is 11.6 Å². The van der Waals surface area contributed by atoms with Gasteiger partial charge in [0, 0.05) is 50.5 Å². The fourth-order valence-electron chi connectivity index (χ4n) is 5.02. The first-order valence-electron chi connectivity index (χ1n) is 11.4. The maximum atomic E-state index is 13.1. The zero-order valence-corrected chi connectivity index (χ0v) is 19.9. The van der Waals surface area contributed by atoms with Crippen molar-refractivity contribution in [3.63, 3.8) is 0 Å². The lowest BCUT2D eigenvalue weighted by Crippen LogP contribution is -2.53. The van der Waals surface area contributed by atoms with E-state index in [0.29, 0.717) is 68.2 Å². The van der Waals surface area contributed by atoms with Gasteiger partial charge in [-0.3, -0.25) is 14.4 Å². The summed E-state index contributed by atoms with van der Waals surface area (Å²) in [6.07, 6.45) is 2.73. The van der Waals surface area contributed by atoms with E-state index in [4.69, 9.17) is 16.3 Å². The molecular formula is C24H32ClN3O4. The summed E-state index contributed by atoms with van der Waals surface area (Å²) >= 11 is 6.19. The Morgan fingerprint density at radius 3 is 2.66 bits per heavy atom. The Bertz CT molecular complexity index is 924. The van der Waals surface area contributed by atoms with E-state index in [1.54, 1.807) is 6.07 Å². The number of halogens is 1. The average molecular weight is 462 g/mol. The Hall–Kier alpha value is -2.12. The van der Waals surface area contributed by atoms with Gasteiger partial charge in [-0.2, -0.15) is 0 Å². The number of aryl methyl sites for hydroxylation is 1. The van der Waals surface area contributed by atoms with Gasteiger partial charge in [0.2, 0.25) is 11.8 Å². The van der Waals surface area contributed by atoms with Gasteiger partial charge in [0.15, 0.2) is 5.78 Å². The van der Waals surface area contributed by atoms with E-state index in [1.807, 2.05) is 36.9 Å². The molecule has 0 bridgehead atoms. The zero-order chi connectivity index (χ0) is 23.0. The number of amides is 2. The largest absolute Gasteiger partial charge is 0.486 e. The molecule has 4 rings (SSSR count). The summed E-state index contributed by atoms with van der Waals surface area (Å²) in [5.41, 5.74) is 0.859. The minimum Gasteiger partial charge on any atom is -0.486 e. The standard InChI is InChI=1S/C24H32ClN3O4/c1-16-11-21-18(13-19(16)25)20(29)14-24(32-21)5-9-27(10-6-24)23(31)17-12-22(30)28(15-17)8-4-7-26(2)3/h11,13,17H,4-10,12,14-15H2,1-3H3. The van der Waals surface area contributed by atoms with Crippen LogP contribution in [0.5, 0.6) is 5.75 Å². The number of likely N-dealkylation sites (tertiary alicyclic amines) is 2. The summed E-state index contributed by atoms with van der Waals surface area (Å²) in [7, 11) is 4.03. The molecular weight excluding hydrogens is 430 g/mol. The van der Waals surface area contributed by atoms with Gasteiger partial charge < -0.3 is 19.4 Å². The second kappa shape index (κ2) is 9.02. The number of carbonyl (C=O) groups is 3. The Morgan fingerprint density at radius 1 is 1.25 bits per heavy atom. The van der Waals surface area contributed by atoms with Crippen molar-refractivity contribution in [2.24, 2.45) is 5.92 Å². The molecule has 1 unspecified atom stereocenters. The van der Waals surface area contributed by atoms with Gasteiger partial charge in [-0.1, -0.05) is 11.6 Å². The minimum atomic E-state index is -0.565. The SMILES string of the molecule is Cc1cc2c(cc1Cl)C(=O)CC1(CCN(C(=O)C3CC(=O)N(CCCN(C)C)C3)CC1)O2. The number of nitrogens with zero attached hydrogens (tertiary/aromatic N) is 3. The number of benzene rings is 1. The third-order valence-electron chi connectivity index (χ3n) is 6.95. The summed E-state index contributed by atoms with van der Waals surface area (Å²) < 4.78 is 6.33. The van der Waals surface area contributed by atoms with Crippen LogP contribution in [0.2, 0.25) is 5.02 Å². The topological polar surface area (TPSA) is 70.2 Å². The van der Waals surface area contributed by atoms with Crippen LogP contribution in [0.25, 0.3) is 0 Å². The first-order chi connectivity index (χ1) is 15.2. The van der Waals surface area contributed by atoms with Gasteiger partial charge >= 0.3 is 0 Å². The van der Waals surface area contributed by atoms with Crippen LogP contribution in [-0.4, -0.2) is 84.7 Å². The predicted molar refractivity (Wildman–Crippen MR) is 122 cm³/mol. The monoisotopic (exact) mass is 461 g/mol. The average Bonchev–Trinajstić information content (AvgIpc) is 3.10. The quantitative estimate of drug-likeness (QED) is 0.674. The van der Waals surface area contributed by atoms with Crippen molar-refractivity contribution < 1.29 is 19.1 Å². The lowest BCUT2D eigenvalue weighted by atomic mass is 9.82. The number of Topliss-reactive ketones (excluding diaryl/α,β-unsaturated/α-hetero) is 1. The normalized spacial score (nSPS) is 22.5. The molecule has 2 saturated heterocycles. The van der Waals surface area contributed by atoms with E-state index in [2.05, 4.69) is 4.90 Å². The van der Waals surface area contributed by atoms with E-state index < -0.39 is 5.60 Å². The Morgan fingerprint density at radius 2 is 1.97 bits per heavy atom. The van der Waals surface area contributed by atoms with Gasteiger partial charge in [-0.05, 0) is 51.7 Å². The second-order valence-electron chi connectivity index (χ2n) is 9.71. The molecule has 32 heavy (non-hydrogen) atoms. The molecule has 0 aromatic heterocycles. The maximum absolute atomic E-state index is 13.1. The lowest BCUT2D eigenvalue weighted by molar-refractivity contribution is -0.139. The number of hydrogen-bond donors (Lipinski definition) is 0. The molecule has 1 spiro atoms. The van der Waals surface area contributed by atoms with E-state index in [-0.39, 0.29) is 23.5 Å². The van der Waals surface area contributed by atoms with Crippen LogP contribution in [0.3, 0.4) is 0 Å². The molecule has 1 atom stereocenters. The van der Waals surface area contributed by atoms with Crippen molar-refractivity contribution in [3.8, 4) is 5.75 Å². The van der Waals surface area contributed by atoms with E-state index in [9.17, 15) is 14.4 Å². The van der Waals surface area contributed by atoms with Crippen molar-refractivity contribution in [2.45, 2.75) is 44.6 Å². The molecule has 8 heteroatoms. The summed E-state index contributed by atoms with van der Waals surface area (Å²) in [6, 6.07) is 3.53. The lowest BCUT2D eigenvalue weighted by Gasteiger charge is -2.44. The Balaban J connectivity index is 1.35. The number of ether oxygens (including phenoxy) is 1. The van der Waals surface area contributed by atoms with Crippen LogP contribution in [0.15, 0.2) is 12.1 Å². The maximum Gasteiger partial charge on any atom is 0.227 e. The van der Waals surface area contributed by atoms with E-state index in [0.717, 1.165) is 18.5 Å². The molecule has 1 aromatic carbocycles. The van der Waals surface area contributed by atoms with Crippen LogP contribution in [0, 0.1) is 12.8 Å². The molecule has 0 N–H and O–H groups in total. The summed E-state index contributed by atoms with van der Waals surface area (Å²) in [6.45, 7) is 5.10. The third kappa shape index (κ3) is 4.64. The highest BCUT2D eigenvalue weighted by Crippen LogP contribution is 2.41. The van der Waals surface area contributed by atoms with Crippen molar-refractivity contribution in [2.75, 3.05) is 46.8 Å². The van der Waals surface area contributed by atoms with Gasteiger partial charge in [-0.25, -0.2) is 0 Å². The van der Waals surface area contributed by atoms with Gasteiger partial charge in [0.05, 0.1) is 17.9 Å². The Labute approximate surface area is 194 Å². The first-order valence-corrected chi connectivity index (χ1v) is 11.8. The van der Waals surface area contributed by atoms with Crippen molar-refractivity contribution in [1.29, 1.82) is 0 Å². The third-order valence-corrected chi connectivity index (χ3v) is 7.36. The highest BCUT2D eigenvalue weighted by molar-refractivity contribution is 6.31. The summed E-state index contributed by atoms with van der Waals surface area (Å²) in [5, 5.41) is 0.568. The summed E-state index contributed by atoms with van der Waals surface area (Å²) in [5.74, 6) is 0.492. The van der Waals surface area contributed by atoms with E-state index in [1.165, 1.54) is 0 Å². The molecule has 3 heterocycles. The molecule has 1 aromatic rings. The molecule has 3 aliphatic rings. The highest BCUT2D eigenvalue weighted by Gasteiger charge is 2.45. The molecule has 7 nitrogen and oxygen atoms in total. The molecule has 0 aliphatic carbocycles. The molecule has 174 valence electrons. The molecule has 2 fully saturated rings. The molecule has 3 aliphatic heterocycles. The highest BCUT2D eigenvalue weighted by atomic mass is 35.5. The van der Waals surface area contributed by atoms with Crippen LogP contribution in [0.1, 0.15) is 48.0 Å². The van der Waals surface area contributed by atoms with E-state index >= 15 is 0 Å². The fraction of sp³-hybridized carbons (Fsp3) is 0.625. The molecule has 2 amide bonds. The number of piperidine rings is 1. The van der Waals surface area contributed by atoms with Crippen LogP contribution in [-0.2, 0) is 9.59 Å². The fourth-order valence-corrected chi connectivity index (χ4v) is 5.18. The predicted octanol–water partition coefficient (Wildman–Crippen LogP) is 2.78.